The van der Waals surface area contributed by atoms with Crippen molar-refractivity contribution in [1.82, 2.24) is 19.3 Å². The van der Waals surface area contributed by atoms with E-state index in [0.29, 0.717) is 39.2 Å². The molecule has 0 bridgehead atoms. The summed E-state index contributed by atoms with van der Waals surface area (Å²) < 4.78 is 43.2. The Morgan fingerprint density at radius 1 is 1.17 bits per heavy atom. The van der Waals surface area contributed by atoms with Crippen LogP contribution >= 0.6 is 23.2 Å². The van der Waals surface area contributed by atoms with Gasteiger partial charge in [0, 0.05) is 36.3 Å². The first-order valence-corrected chi connectivity index (χ1v) is 9.57. The first kappa shape index (κ1) is 19.8. The molecular formula is C19H16Cl2F3N5. The lowest BCUT2D eigenvalue weighted by Crippen LogP contribution is -2.25. The Hall–Kier alpha value is -2.45. The number of alkyl halides is 3. The van der Waals surface area contributed by atoms with Crippen LogP contribution in [-0.2, 0) is 12.7 Å². The third kappa shape index (κ3) is 3.40. The number of nitrogens with one attached hydrogen (secondary N) is 1. The van der Waals surface area contributed by atoms with Crippen molar-refractivity contribution in [3.8, 4) is 0 Å². The second-order valence-electron chi connectivity index (χ2n) is 6.63. The van der Waals surface area contributed by atoms with Gasteiger partial charge < -0.3 is 9.88 Å². The van der Waals surface area contributed by atoms with E-state index in [1.54, 1.807) is 31.3 Å². The minimum absolute atomic E-state index is 0.240. The molecule has 5 nitrogen and oxygen atoms in total. The number of hydrogen-bond acceptors (Lipinski definition) is 3. The molecule has 29 heavy (non-hydrogen) atoms. The molecule has 152 valence electrons. The second-order valence-corrected chi connectivity index (χ2v) is 7.45. The van der Waals surface area contributed by atoms with Crippen molar-refractivity contribution >= 4 is 34.6 Å². The lowest BCUT2D eigenvalue weighted by molar-refractivity contribution is -0.141. The number of aryl methyl sites for hydroxylation is 1. The molecule has 0 unspecified atom stereocenters. The van der Waals surface area contributed by atoms with E-state index in [4.69, 9.17) is 23.2 Å². The Bertz CT molecular complexity index is 1110. The summed E-state index contributed by atoms with van der Waals surface area (Å²) in [6.45, 7) is 4.42. The first-order valence-electron chi connectivity index (χ1n) is 8.81. The quantitative estimate of drug-likeness (QED) is 0.552. The number of fused-ring (bicyclic) bond motifs is 1. The number of imidazole rings is 1. The number of rotatable bonds is 3. The predicted octanol–water partition coefficient (Wildman–Crippen LogP) is 5.87. The maximum absolute atomic E-state index is 13.3. The number of nitrogens with zero attached hydrogens (tertiary/aromatic N) is 4. The largest absolute Gasteiger partial charge is 0.435 e. The fraction of sp³-hybridized carbons (Fsp3) is 0.263. The first-order chi connectivity index (χ1) is 13.7. The van der Waals surface area contributed by atoms with Crippen LogP contribution in [-0.4, -0.2) is 19.3 Å². The number of aromatic nitrogens is 4. The molecule has 10 heteroatoms. The van der Waals surface area contributed by atoms with E-state index in [1.807, 2.05) is 17.7 Å². The highest BCUT2D eigenvalue weighted by atomic mass is 35.5. The zero-order valence-corrected chi connectivity index (χ0v) is 16.9. The van der Waals surface area contributed by atoms with Gasteiger partial charge in [0.1, 0.15) is 17.7 Å². The normalized spacial score (nSPS) is 16.7. The monoisotopic (exact) mass is 441 g/mol. The third-order valence-corrected chi connectivity index (χ3v) is 5.56. The summed E-state index contributed by atoms with van der Waals surface area (Å²) >= 11 is 12.3. The van der Waals surface area contributed by atoms with E-state index in [0.717, 1.165) is 6.07 Å². The third-order valence-electron chi connectivity index (χ3n) is 4.82. The van der Waals surface area contributed by atoms with Gasteiger partial charge in [-0.3, -0.25) is 0 Å². The molecule has 4 rings (SSSR count). The number of hydrogen-bond donors (Lipinski definition) is 1. The van der Waals surface area contributed by atoms with E-state index < -0.39 is 17.9 Å². The molecule has 0 saturated heterocycles. The Morgan fingerprint density at radius 3 is 2.59 bits per heavy atom. The summed E-state index contributed by atoms with van der Waals surface area (Å²) in [7, 11) is 0. The predicted molar refractivity (Wildman–Crippen MR) is 106 cm³/mol. The molecule has 3 heterocycles. The van der Waals surface area contributed by atoms with E-state index >= 15 is 0 Å². The van der Waals surface area contributed by atoms with Crippen LogP contribution in [0.3, 0.4) is 0 Å². The standard InChI is InChI=1S/C19H16Cl2F3N5/c1-3-28-7-6-25-18(28)16-10(2)26-15-9-14(19(22,23)24)27-29(15)17(16)11-4-5-12(20)13(21)8-11/h4-9,17,26H,3H2,1-2H3/t17-/m1/s1. The van der Waals surface area contributed by atoms with Gasteiger partial charge in [0.2, 0.25) is 0 Å². The molecule has 3 aromatic rings. The SMILES string of the molecule is CCn1ccnc1C1=C(C)Nc2cc(C(F)(F)F)nn2[C@@H]1c1ccc(Cl)c(Cl)c1. The molecule has 0 aliphatic carbocycles. The molecule has 1 N–H and O–H groups in total. The fourth-order valence-corrected chi connectivity index (χ4v) is 3.81. The molecule has 1 aliphatic heterocycles. The summed E-state index contributed by atoms with van der Waals surface area (Å²) in [5.41, 5.74) is 1.07. The summed E-state index contributed by atoms with van der Waals surface area (Å²) in [6, 6.07) is 5.33. The highest BCUT2D eigenvalue weighted by Crippen LogP contribution is 2.43. The van der Waals surface area contributed by atoms with E-state index in [-0.39, 0.29) is 5.82 Å². The number of halogens is 5. The molecule has 0 radical (unpaired) electrons. The zero-order chi connectivity index (χ0) is 20.9. The molecule has 0 spiro atoms. The van der Waals surface area contributed by atoms with Crippen LogP contribution in [0, 0.1) is 0 Å². The summed E-state index contributed by atoms with van der Waals surface area (Å²) in [4.78, 5) is 4.45. The molecule has 1 aliphatic rings. The van der Waals surface area contributed by atoms with E-state index in [2.05, 4.69) is 15.4 Å². The van der Waals surface area contributed by atoms with Gasteiger partial charge in [-0.2, -0.15) is 18.3 Å². The molecule has 0 saturated carbocycles. The van der Waals surface area contributed by atoms with Crippen molar-refractivity contribution in [2.75, 3.05) is 5.32 Å². The van der Waals surface area contributed by atoms with Crippen molar-refractivity contribution in [1.29, 1.82) is 0 Å². The Morgan fingerprint density at radius 2 is 1.93 bits per heavy atom. The van der Waals surface area contributed by atoms with Crippen LogP contribution in [0.15, 0.2) is 42.4 Å². The molecular weight excluding hydrogens is 426 g/mol. The highest BCUT2D eigenvalue weighted by Gasteiger charge is 2.39. The van der Waals surface area contributed by atoms with Crippen LogP contribution in [0.25, 0.3) is 5.57 Å². The van der Waals surface area contributed by atoms with Crippen molar-refractivity contribution in [3.63, 3.8) is 0 Å². The van der Waals surface area contributed by atoms with Crippen LogP contribution in [0.1, 0.15) is 37.0 Å². The topological polar surface area (TPSA) is 47.7 Å². The lowest BCUT2D eigenvalue weighted by Gasteiger charge is -2.30. The van der Waals surface area contributed by atoms with Gasteiger partial charge in [0.15, 0.2) is 5.69 Å². The summed E-state index contributed by atoms with van der Waals surface area (Å²) in [6.07, 6.45) is -1.09. The van der Waals surface area contributed by atoms with Gasteiger partial charge in [0.25, 0.3) is 0 Å². The minimum Gasteiger partial charge on any atom is -0.344 e. The van der Waals surface area contributed by atoms with E-state index in [1.165, 1.54) is 4.68 Å². The number of anilines is 1. The van der Waals surface area contributed by atoms with Crippen LogP contribution in [0.2, 0.25) is 10.0 Å². The smallest absolute Gasteiger partial charge is 0.344 e. The Balaban J connectivity index is 1.96. The molecule has 0 amide bonds. The average Bonchev–Trinajstić information content (AvgIpc) is 3.28. The molecule has 2 aromatic heterocycles. The fourth-order valence-electron chi connectivity index (χ4n) is 3.50. The number of benzene rings is 1. The van der Waals surface area contributed by atoms with Gasteiger partial charge in [-0.05, 0) is 31.5 Å². The van der Waals surface area contributed by atoms with Gasteiger partial charge >= 0.3 is 6.18 Å². The van der Waals surface area contributed by atoms with Crippen LogP contribution in [0.5, 0.6) is 0 Å². The van der Waals surface area contributed by atoms with Crippen molar-refractivity contribution < 1.29 is 13.2 Å². The van der Waals surface area contributed by atoms with Gasteiger partial charge in [-0.1, -0.05) is 29.3 Å². The van der Waals surface area contributed by atoms with Crippen LogP contribution < -0.4 is 5.32 Å². The average molecular weight is 442 g/mol. The minimum atomic E-state index is -4.57. The van der Waals surface area contributed by atoms with Crippen molar-refractivity contribution in [3.05, 3.63) is 69.5 Å². The van der Waals surface area contributed by atoms with Crippen molar-refractivity contribution in [2.24, 2.45) is 0 Å². The maximum Gasteiger partial charge on any atom is 0.435 e. The zero-order valence-electron chi connectivity index (χ0n) is 15.4. The molecule has 1 atom stereocenters. The highest BCUT2D eigenvalue weighted by molar-refractivity contribution is 6.42. The summed E-state index contributed by atoms with van der Waals surface area (Å²) in [5, 5.41) is 7.57. The second kappa shape index (κ2) is 7.11. The summed E-state index contributed by atoms with van der Waals surface area (Å²) in [5.74, 6) is 0.882. The van der Waals surface area contributed by atoms with Gasteiger partial charge in [0.05, 0.1) is 10.0 Å². The Kier molecular flexibility index (Phi) is 4.86. The Labute approximate surface area is 174 Å². The maximum atomic E-state index is 13.3. The molecule has 0 fully saturated rings. The van der Waals surface area contributed by atoms with Crippen LogP contribution in [0.4, 0.5) is 19.0 Å². The van der Waals surface area contributed by atoms with E-state index in [9.17, 15) is 13.2 Å². The lowest BCUT2D eigenvalue weighted by atomic mass is 9.95. The van der Waals surface area contributed by atoms with Crippen molar-refractivity contribution in [2.45, 2.75) is 32.6 Å². The van der Waals surface area contributed by atoms with Gasteiger partial charge in [-0.25, -0.2) is 9.67 Å². The molecule has 1 aromatic carbocycles. The van der Waals surface area contributed by atoms with Gasteiger partial charge in [-0.15, -0.1) is 0 Å². The number of allylic oxidation sites excluding steroid dienone is 2.